The summed E-state index contributed by atoms with van der Waals surface area (Å²) in [6.45, 7) is 3.73. The van der Waals surface area contributed by atoms with Crippen molar-refractivity contribution in [1.29, 1.82) is 0 Å². The van der Waals surface area contributed by atoms with Crippen LogP contribution >= 0.6 is 11.6 Å². The molecule has 0 fully saturated rings. The van der Waals surface area contributed by atoms with Crippen molar-refractivity contribution in [3.05, 3.63) is 16.4 Å². The first-order chi connectivity index (χ1) is 6.97. The van der Waals surface area contributed by atoms with E-state index in [1.165, 1.54) is 0 Å². The fourth-order valence-electron chi connectivity index (χ4n) is 1.41. The van der Waals surface area contributed by atoms with Crippen LogP contribution in [0.25, 0.3) is 0 Å². The summed E-state index contributed by atoms with van der Waals surface area (Å²) in [6, 6.07) is -0.402. The van der Waals surface area contributed by atoms with Gasteiger partial charge < -0.3 is 5.73 Å². The van der Waals surface area contributed by atoms with E-state index in [-0.39, 0.29) is 12.2 Å². The van der Waals surface area contributed by atoms with E-state index in [0.29, 0.717) is 11.6 Å². The lowest BCUT2D eigenvalue weighted by Crippen LogP contribution is -2.31. The zero-order valence-corrected chi connectivity index (χ0v) is 10.0. The van der Waals surface area contributed by atoms with Crippen LogP contribution in [-0.4, -0.2) is 21.6 Å². The minimum Gasteiger partial charge on any atom is -0.322 e. The smallest absolute Gasteiger partial charge is 0.154 e. The molecule has 0 aliphatic heterocycles. The normalized spacial score (nSPS) is 12.9. The first-order valence-electron chi connectivity index (χ1n) is 4.93. The number of carbonyl (C=O) groups excluding carboxylic acids is 1. The highest BCUT2D eigenvalue weighted by Crippen LogP contribution is 2.19. The fourth-order valence-corrected chi connectivity index (χ4v) is 1.65. The summed E-state index contributed by atoms with van der Waals surface area (Å²) in [5, 5.41) is 4.66. The molecule has 0 saturated carbocycles. The van der Waals surface area contributed by atoms with E-state index >= 15 is 0 Å². The first kappa shape index (κ1) is 12.2. The second kappa shape index (κ2) is 4.77. The molecular formula is C10H16ClN3O. The number of rotatable bonds is 4. The lowest BCUT2D eigenvalue weighted by atomic mass is 10.0. The number of Topliss-reactive ketones (excluding diaryl/α,β-unsaturated/α-hetero) is 1. The van der Waals surface area contributed by atoms with Gasteiger partial charge in [-0.25, -0.2) is 0 Å². The quantitative estimate of drug-likeness (QED) is 0.845. The van der Waals surface area contributed by atoms with E-state index in [1.807, 2.05) is 13.8 Å². The Balaban J connectivity index is 2.85. The van der Waals surface area contributed by atoms with Crippen molar-refractivity contribution < 1.29 is 4.79 Å². The average molecular weight is 230 g/mol. The Hall–Kier alpha value is -0.870. The van der Waals surface area contributed by atoms with Crippen LogP contribution < -0.4 is 5.73 Å². The predicted octanol–water partition coefficient (Wildman–Crippen LogP) is 1.23. The first-order valence-corrected chi connectivity index (χ1v) is 5.31. The maximum absolute atomic E-state index is 11.6. The van der Waals surface area contributed by atoms with Gasteiger partial charge in [-0.2, -0.15) is 5.10 Å². The Morgan fingerprint density at radius 2 is 2.27 bits per heavy atom. The van der Waals surface area contributed by atoms with E-state index < -0.39 is 6.04 Å². The number of carbonyl (C=O) groups is 1. The van der Waals surface area contributed by atoms with E-state index in [2.05, 4.69) is 5.10 Å². The number of nitrogens with zero attached hydrogens (tertiary/aromatic N) is 2. The number of ketones is 1. The summed E-state index contributed by atoms with van der Waals surface area (Å²) in [6.07, 6.45) is 0.920. The molecule has 0 aliphatic carbocycles. The summed E-state index contributed by atoms with van der Waals surface area (Å²) < 4.78 is 1.57. The highest BCUT2D eigenvalue weighted by Gasteiger charge is 2.18. The van der Waals surface area contributed by atoms with Gasteiger partial charge in [0.25, 0.3) is 0 Å². The van der Waals surface area contributed by atoms with Crippen LogP contribution in [-0.2, 0) is 18.3 Å². The van der Waals surface area contributed by atoms with Gasteiger partial charge >= 0.3 is 0 Å². The monoisotopic (exact) mass is 229 g/mol. The molecular weight excluding hydrogens is 214 g/mol. The molecule has 0 spiro atoms. The highest BCUT2D eigenvalue weighted by atomic mass is 35.5. The maximum Gasteiger partial charge on any atom is 0.154 e. The Morgan fingerprint density at radius 3 is 2.67 bits per heavy atom. The van der Waals surface area contributed by atoms with E-state index in [4.69, 9.17) is 17.3 Å². The van der Waals surface area contributed by atoms with E-state index in [0.717, 1.165) is 11.3 Å². The van der Waals surface area contributed by atoms with Crippen molar-refractivity contribution in [2.75, 3.05) is 0 Å². The number of aryl methyl sites for hydroxylation is 2. The fraction of sp³-hybridized carbons (Fsp3) is 0.600. The molecule has 1 unspecified atom stereocenters. The molecule has 15 heavy (non-hydrogen) atoms. The van der Waals surface area contributed by atoms with Gasteiger partial charge in [0.15, 0.2) is 5.78 Å². The Kier molecular flexibility index (Phi) is 3.88. The predicted molar refractivity (Wildman–Crippen MR) is 59.9 cm³/mol. The summed E-state index contributed by atoms with van der Waals surface area (Å²) in [4.78, 5) is 11.6. The Labute approximate surface area is 94.4 Å². The van der Waals surface area contributed by atoms with Crippen molar-refractivity contribution in [3.8, 4) is 0 Å². The minimum absolute atomic E-state index is 0.00972. The van der Waals surface area contributed by atoms with Gasteiger partial charge in [0.2, 0.25) is 0 Å². The van der Waals surface area contributed by atoms with Crippen LogP contribution in [0.3, 0.4) is 0 Å². The standard InChI is InChI=1S/C10H16ClN3O/c1-4-8(12)9(15)5-7-6(2)13-14(3)10(7)11/h8H,4-5,12H2,1-3H3. The molecule has 1 aromatic rings. The Morgan fingerprint density at radius 1 is 1.67 bits per heavy atom. The molecule has 0 radical (unpaired) electrons. The van der Waals surface area contributed by atoms with E-state index in [1.54, 1.807) is 11.7 Å². The third-order valence-corrected chi connectivity index (χ3v) is 2.95. The van der Waals surface area contributed by atoms with Gasteiger partial charge in [0.05, 0.1) is 11.7 Å². The van der Waals surface area contributed by atoms with Crippen LogP contribution in [0, 0.1) is 6.92 Å². The number of hydrogen-bond donors (Lipinski definition) is 1. The van der Waals surface area contributed by atoms with Crippen LogP contribution in [0.15, 0.2) is 0 Å². The van der Waals surface area contributed by atoms with Gasteiger partial charge in [0, 0.05) is 19.0 Å². The second-order valence-electron chi connectivity index (χ2n) is 3.64. The molecule has 0 bridgehead atoms. The molecule has 1 heterocycles. The lowest BCUT2D eigenvalue weighted by molar-refractivity contribution is -0.119. The van der Waals surface area contributed by atoms with E-state index in [9.17, 15) is 4.79 Å². The van der Waals surface area contributed by atoms with Crippen LogP contribution in [0.5, 0.6) is 0 Å². The number of aromatic nitrogens is 2. The van der Waals surface area contributed by atoms with Gasteiger partial charge in [-0.3, -0.25) is 9.48 Å². The van der Waals surface area contributed by atoms with Crippen LogP contribution in [0.4, 0.5) is 0 Å². The zero-order valence-electron chi connectivity index (χ0n) is 9.25. The van der Waals surface area contributed by atoms with Crippen molar-refractivity contribution in [1.82, 2.24) is 9.78 Å². The third-order valence-electron chi connectivity index (χ3n) is 2.47. The summed E-state index contributed by atoms with van der Waals surface area (Å²) in [7, 11) is 1.75. The molecule has 5 heteroatoms. The minimum atomic E-state index is -0.402. The SMILES string of the molecule is CCC(N)C(=O)Cc1c(C)nn(C)c1Cl. The summed E-state index contributed by atoms with van der Waals surface area (Å²) in [5.74, 6) is 0.00972. The topological polar surface area (TPSA) is 60.9 Å². The molecule has 1 atom stereocenters. The Bertz CT molecular complexity index is 373. The van der Waals surface area contributed by atoms with Gasteiger partial charge in [0.1, 0.15) is 5.15 Å². The number of nitrogens with two attached hydrogens (primary N) is 1. The van der Waals surface area contributed by atoms with Crippen LogP contribution in [0.2, 0.25) is 5.15 Å². The average Bonchev–Trinajstić information content (AvgIpc) is 2.43. The second-order valence-corrected chi connectivity index (χ2v) is 3.99. The molecule has 84 valence electrons. The summed E-state index contributed by atoms with van der Waals surface area (Å²) >= 11 is 6.01. The molecule has 0 aromatic carbocycles. The van der Waals surface area contributed by atoms with Crippen molar-refractivity contribution in [2.45, 2.75) is 32.7 Å². The molecule has 0 aliphatic rings. The highest BCUT2D eigenvalue weighted by molar-refractivity contribution is 6.30. The van der Waals surface area contributed by atoms with Gasteiger partial charge in [-0.1, -0.05) is 18.5 Å². The van der Waals surface area contributed by atoms with Gasteiger partial charge in [-0.15, -0.1) is 0 Å². The summed E-state index contributed by atoms with van der Waals surface area (Å²) in [5.41, 5.74) is 7.23. The van der Waals surface area contributed by atoms with Crippen molar-refractivity contribution in [3.63, 3.8) is 0 Å². The third kappa shape index (κ3) is 2.58. The van der Waals surface area contributed by atoms with Crippen molar-refractivity contribution in [2.24, 2.45) is 12.8 Å². The molecule has 2 N–H and O–H groups in total. The largest absolute Gasteiger partial charge is 0.322 e. The van der Waals surface area contributed by atoms with Crippen molar-refractivity contribution >= 4 is 17.4 Å². The molecule has 4 nitrogen and oxygen atoms in total. The number of halogens is 1. The molecule has 0 saturated heterocycles. The zero-order chi connectivity index (χ0) is 11.6. The molecule has 0 amide bonds. The van der Waals surface area contributed by atoms with Gasteiger partial charge in [-0.05, 0) is 13.3 Å². The maximum atomic E-state index is 11.6. The molecule has 1 rings (SSSR count). The lowest BCUT2D eigenvalue weighted by Gasteiger charge is -2.06. The van der Waals surface area contributed by atoms with Crippen LogP contribution in [0.1, 0.15) is 24.6 Å². The number of hydrogen-bond acceptors (Lipinski definition) is 3. The molecule has 1 aromatic heterocycles.